The first-order valence-corrected chi connectivity index (χ1v) is 17.7. The average Bonchev–Trinajstić information content (AvgIpc) is 3.73. The summed E-state index contributed by atoms with van der Waals surface area (Å²) in [6.45, 7) is 0. The lowest BCUT2D eigenvalue weighted by molar-refractivity contribution is 0.666. The maximum atomic E-state index is 6.96. The molecule has 52 heavy (non-hydrogen) atoms. The zero-order chi connectivity index (χ0) is 34.2. The van der Waals surface area contributed by atoms with Crippen LogP contribution in [0.15, 0.2) is 186 Å². The van der Waals surface area contributed by atoms with Crippen molar-refractivity contribution in [3.8, 4) is 33.8 Å². The van der Waals surface area contributed by atoms with Gasteiger partial charge in [0.2, 0.25) is 0 Å². The Morgan fingerprint density at radius 2 is 1.10 bits per heavy atom. The highest BCUT2D eigenvalue weighted by atomic mass is 16.3. The predicted octanol–water partition coefficient (Wildman–Crippen LogP) is 12.4. The molecule has 0 amide bonds. The second-order valence-corrected chi connectivity index (χ2v) is 13.7. The van der Waals surface area contributed by atoms with Gasteiger partial charge in [0.25, 0.3) is 0 Å². The Labute approximate surface area is 300 Å². The zero-order valence-electron chi connectivity index (χ0n) is 28.1. The highest BCUT2D eigenvalue weighted by Gasteiger charge is 2.46. The number of aromatic nitrogens is 2. The van der Waals surface area contributed by atoms with Crippen LogP contribution < -0.4 is 0 Å². The Morgan fingerprint density at radius 1 is 0.423 bits per heavy atom. The van der Waals surface area contributed by atoms with E-state index >= 15 is 0 Å². The van der Waals surface area contributed by atoms with Gasteiger partial charge in [-0.15, -0.1) is 0 Å². The van der Waals surface area contributed by atoms with Gasteiger partial charge in [-0.25, -0.2) is 9.97 Å². The van der Waals surface area contributed by atoms with E-state index in [1.807, 2.05) is 6.07 Å². The lowest BCUT2D eigenvalue weighted by Crippen LogP contribution is -2.28. The van der Waals surface area contributed by atoms with Gasteiger partial charge >= 0.3 is 0 Å². The molecular formula is C49H30N2O. The standard InChI is InChI=1S/C49H30N2O/c1-3-16-34(17-4-1)49(35-18-5-2-6-19-35)42-24-11-9-20-36(42)40-29-41-37-22-13-23-39(47(37)52-45(41)30-43(40)49)48-50-44-25-12-10-21-38(44)46(51-48)33-27-26-31-14-7-8-15-32(31)28-33/h1-30H. The van der Waals surface area contributed by atoms with Gasteiger partial charge < -0.3 is 4.42 Å². The minimum Gasteiger partial charge on any atom is -0.455 e. The number of para-hydroxylation sites is 2. The molecule has 8 aromatic carbocycles. The molecule has 2 heterocycles. The van der Waals surface area contributed by atoms with Gasteiger partial charge in [0.05, 0.1) is 22.2 Å². The van der Waals surface area contributed by atoms with Crippen LogP contribution >= 0.6 is 0 Å². The molecule has 0 spiro atoms. The van der Waals surface area contributed by atoms with Crippen LogP contribution in [0.1, 0.15) is 22.3 Å². The molecule has 0 unspecified atom stereocenters. The van der Waals surface area contributed by atoms with Crippen molar-refractivity contribution in [1.29, 1.82) is 0 Å². The molecule has 0 radical (unpaired) electrons. The van der Waals surface area contributed by atoms with Gasteiger partial charge in [-0.2, -0.15) is 0 Å². The van der Waals surface area contributed by atoms with Crippen molar-refractivity contribution in [2.24, 2.45) is 0 Å². The molecule has 1 aliphatic rings. The molecule has 242 valence electrons. The van der Waals surface area contributed by atoms with Gasteiger partial charge in [0.1, 0.15) is 11.2 Å². The van der Waals surface area contributed by atoms with E-state index in [0.717, 1.165) is 49.7 Å². The number of nitrogens with zero attached hydrogens (tertiary/aromatic N) is 2. The summed E-state index contributed by atoms with van der Waals surface area (Å²) in [5, 5.41) is 5.54. The van der Waals surface area contributed by atoms with E-state index in [2.05, 4.69) is 176 Å². The monoisotopic (exact) mass is 662 g/mol. The number of furan rings is 1. The first kappa shape index (κ1) is 28.9. The maximum Gasteiger partial charge on any atom is 0.164 e. The summed E-state index contributed by atoms with van der Waals surface area (Å²) in [5.41, 5.74) is 12.3. The second-order valence-electron chi connectivity index (χ2n) is 13.7. The third-order valence-corrected chi connectivity index (χ3v) is 10.9. The van der Waals surface area contributed by atoms with Crippen LogP contribution in [0.5, 0.6) is 0 Å². The molecule has 1 aliphatic carbocycles. The van der Waals surface area contributed by atoms with Gasteiger partial charge in [-0.05, 0) is 74.5 Å². The minimum atomic E-state index is -0.499. The first-order valence-electron chi connectivity index (χ1n) is 17.7. The normalized spacial score (nSPS) is 13.2. The summed E-state index contributed by atoms with van der Waals surface area (Å²) in [6.07, 6.45) is 0. The number of benzene rings is 8. The topological polar surface area (TPSA) is 38.9 Å². The van der Waals surface area contributed by atoms with Crippen LogP contribution in [0, 0.1) is 0 Å². The van der Waals surface area contributed by atoms with E-state index in [4.69, 9.17) is 14.4 Å². The van der Waals surface area contributed by atoms with E-state index in [0.29, 0.717) is 5.82 Å². The van der Waals surface area contributed by atoms with Gasteiger partial charge in [0.15, 0.2) is 5.82 Å². The van der Waals surface area contributed by atoms with Crippen LogP contribution in [0.4, 0.5) is 0 Å². The number of rotatable bonds is 4. The maximum absolute atomic E-state index is 6.96. The fraction of sp³-hybridized carbons (Fsp3) is 0.0204. The van der Waals surface area contributed by atoms with Crippen molar-refractivity contribution in [1.82, 2.24) is 9.97 Å². The van der Waals surface area contributed by atoms with Gasteiger partial charge in [0, 0.05) is 21.7 Å². The van der Waals surface area contributed by atoms with Crippen LogP contribution in [-0.2, 0) is 5.41 Å². The summed E-state index contributed by atoms with van der Waals surface area (Å²) < 4.78 is 6.96. The van der Waals surface area contributed by atoms with E-state index in [1.165, 1.54) is 44.2 Å². The molecule has 0 aliphatic heterocycles. The fourth-order valence-corrected chi connectivity index (χ4v) is 8.66. The fourth-order valence-electron chi connectivity index (χ4n) is 8.66. The molecule has 0 N–H and O–H groups in total. The Hall–Kier alpha value is -6.84. The van der Waals surface area contributed by atoms with Gasteiger partial charge in [-0.1, -0.05) is 152 Å². The third-order valence-electron chi connectivity index (χ3n) is 10.9. The van der Waals surface area contributed by atoms with Crippen molar-refractivity contribution in [3.63, 3.8) is 0 Å². The largest absolute Gasteiger partial charge is 0.455 e. The van der Waals surface area contributed by atoms with Crippen LogP contribution in [0.25, 0.3) is 77.4 Å². The van der Waals surface area contributed by atoms with E-state index in [1.54, 1.807) is 0 Å². The number of fused-ring (bicyclic) bond motifs is 8. The predicted molar refractivity (Wildman–Crippen MR) is 212 cm³/mol. The van der Waals surface area contributed by atoms with Crippen molar-refractivity contribution in [3.05, 3.63) is 204 Å². The van der Waals surface area contributed by atoms with Crippen LogP contribution in [0.3, 0.4) is 0 Å². The Kier molecular flexibility index (Phi) is 6.17. The lowest BCUT2D eigenvalue weighted by atomic mass is 9.67. The smallest absolute Gasteiger partial charge is 0.164 e. The molecule has 3 heteroatoms. The number of hydrogen-bond donors (Lipinski definition) is 0. The second kappa shape index (κ2) is 11.1. The summed E-state index contributed by atoms with van der Waals surface area (Å²) in [4.78, 5) is 10.4. The SMILES string of the molecule is c1ccc(C2(c3ccccc3)c3ccccc3-c3cc4c(cc32)oc2c(-c3nc(-c5ccc6ccccc6c5)c5ccccc5n3)cccc24)cc1. The number of hydrogen-bond acceptors (Lipinski definition) is 3. The third kappa shape index (κ3) is 4.08. The summed E-state index contributed by atoms with van der Waals surface area (Å²) in [7, 11) is 0. The van der Waals surface area contributed by atoms with Crippen molar-refractivity contribution in [2.45, 2.75) is 5.41 Å². The molecule has 10 aromatic rings. The summed E-state index contributed by atoms with van der Waals surface area (Å²) >= 11 is 0. The lowest BCUT2D eigenvalue weighted by Gasteiger charge is -2.33. The van der Waals surface area contributed by atoms with Crippen LogP contribution in [-0.4, -0.2) is 9.97 Å². The van der Waals surface area contributed by atoms with Crippen molar-refractivity contribution >= 4 is 43.6 Å². The molecule has 3 nitrogen and oxygen atoms in total. The summed E-state index contributed by atoms with van der Waals surface area (Å²) in [5.74, 6) is 0.646. The molecular weight excluding hydrogens is 633 g/mol. The summed E-state index contributed by atoms with van der Waals surface area (Å²) in [6, 6.07) is 64.9. The average molecular weight is 663 g/mol. The van der Waals surface area contributed by atoms with E-state index < -0.39 is 5.41 Å². The quantitative estimate of drug-likeness (QED) is 0.188. The molecule has 11 rings (SSSR count). The minimum absolute atomic E-state index is 0.499. The van der Waals surface area contributed by atoms with Crippen molar-refractivity contribution < 1.29 is 4.42 Å². The molecule has 0 saturated carbocycles. The molecule has 2 aromatic heterocycles. The van der Waals surface area contributed by atoms with E-state index in [9.17, 15) is 0 Å². The highest BCUT2D eigenvalue weighted by Crippen LogP contribution is 2.57. The molecule has 0 bridgehead atoms. The Balaban J connectivity index is 1.17. The van der Waals surface area contributed by atoms with Gasteiger partial charge in [-0.3, -0.25) is 0 Å². The van der Waals surface area contributed by atoms with Crippen LogP contribution in [0.2, 0.25) is 0 Å². The van der Waals surface area contributed by atoms with E-state index in [-0.39, 0.29) is 0 Å². The highest BCUT2D eigenvalue weighted by molar-refractivity contribution is 6.12. The molecule has 0 fully saturated rings. The first-order chi connectivity index (χ1) is 25.8. The Morgan fingerprint density at radius 3 is 1.92 bits per heavy atom. The molecule has 0 saturated heterocycles. The Bertz CT molecular complexity index is 2980. The zero-order valence-corrected chi connectivity index (χ0v) is 28.1. The van der Waals surface area contributed by atoms with Crippen molar-refractivity contribution in [2.75, 3.05) is 0 Å². The molecule has 0 atom stereocenters.